The zero-order valence-electron chi connectivity index (χ0n) is 20.1. The number of hydrogen-bond acceptors (Lipinski definition) is 4. The number of hydrogen-bond donors (Lipinski definition) is 3. The highest BCUT2D eigenvalue weighted by atomic mass is 19.1. The van der Waals surface area contributed by atoms with Gasteiger partial charge in [0.05, 0.1) is 18.8 Å². The fraction of sp³-hybridized carbons (Fsp3) is 0.536. The van der Waals surface area contributed by atoms with E-state index in [1.807, 2.05) is 0 Å². The lowest BCUT2D eigenvalue weighted by atomic mass is 9.82. The van der Waals surface area contributed by atoms with E-state index in [1.165, 1.54) is 50.3 Å². The first-order valence-corrected chi connectivity index (χ1v) is 12.8. The zero-order chi connectivity index (χ0) is 24.5. The van der Waals surface area contributed by atoms with Crippen molar-refractivity contribution in [2.24, 2.45) is 11.8 Å². The Labute approximate surface area is 205 Å². The average molecular weight is 485 g/mol. The summed E-state index contributed by atoms with van der Waals surface area (Å²) in [5.74, 6) is 1.50. The molecular formula is C28H34F2N2O3. The first-order valence-electron chi connectivity index (χ1n) is 12.8. The molecule has 1 heterocycles. The van der Waals surface area contributed by atoms with Gasteiger partial charge < -0.3 is 20.5 Å². The molecule has 3 N–H and O–H groups in total. The molecule has 1 amide bonds. The van der Waals surface area contributed by atoms with Crippen LogP contribution >= 0.6 is 0 Å². The van der Waals surface area contributed by atoms with Gasteiger partial charge in [-0.25, -0.2) is 8.78 Å². The molecule has 0 aromatic heterocycles. The summed E-state index contributed by atoms with van der Waals surface area (Å²) in [7, 11) is 0. The molecule has 188 valence electrons. The van der Waals surface area contributed by atoms with Crippen LogP contribution in [0.15, 0.2) is 36.4 Å². The largest absolute Gasteiger partial charge is 0.493 e. The van der Waals surface area contributed by atoms with Crippen molar-refractivity contribution in [3.63, 3.8) is 0 Å². The molecule has 2 aromatic carbocycles. The highest BCUT2D eigenvalue weighted by molar-refractivity contribution is 5.73. The predicted octanol–water partition coefficient (Wildman–Crippen LogP) is 4.39. The molecule has 1 aliphatic heterocycles. The van der Waals surface area contributed by atoms with Gasteiger partial charge in [-0.15, -0.1) is 0 Å². The smallest absolute Gasteiger partial charge is 0.217 e. The maximum Gasteiger partial charge on any atom is 0.217 e. The van der Waals surface area contributed by atoms with Crippen molar-refractivity contribution < 1.29 is 23.4 Å². The molecule has 7 heteroatoms. The minimum Gasteiger partial charge on any atom is -0.493 e. The second kappa shape index (κ2) is 10.2. The minimum atomic E-state index is -0.940. The lowest BCUT2D eigenvalue weighted by Gasteiger charge is -2.31. The second-order valence-electron chi connectivity index (χ2n) is 10.5. The topological polar surface area (TPSA) is 70.6 Å². The van der Waals surface area contributed by atoms with Crippen molar-refractivity contribution in [1.29, 1.82) is 0 Å². The van der Waals surface area contributed by atoms with Crippen molar-refractivity contribution >= 4 is 5.91 Å². The van der Waals surface area contributed by atoms with Crippen LogP contribution in [-0.2, 0) is 11.2 Å². The number of benzene rings is 2. The monoisotopic (exact) mass is 484 g/mol. The standard InChI is InChI=1S/C28H34F2N2O3/c1-16(33)32-26(12-18-9-21(29)14-22(30)10-18)27(34)15-31-25-6-7-35-28-5-4-20(13-24(25)28)23-11-17-2-3-19(23)8-17/h4-5,9-10,13-14,17,19,23,25-27,31,34H,2-3,6-8,11-12,15H2,1H3,(H,32,33). The van der Waals surface area contributed by atoms with Crippen molar-refractivity contribution in [3.8, 4) is 5.75 Å². The summed E-state index contributed by atoms with van der Waals surface area (Å²) in [5.41, 5.74) is 2.89. The van der Waals surface area contributed by atoms with Gasteiger partial charge in [0, 0.05) is 37.6 Å². The molecule has 6 unspecified atom stereocenters. The molecule has 3 aliphatic rings. The van der Waals surface area contributed by atoms with Gasteiger partial charge in [0.25, 0.3) is 0 Å². The minimum absolute atomic E-state index is 0.0246. The third kappa shape index (κ3) is 5.51. The van der Waals surface area contributed by atoms with Crippen molar-refractivity contribution in [2.45, 2.75) is 69.6 Å². The molecule has 2 aromatic rings. The van der Waals surface area contributed by atoms with E-state index >= 15 is 0 Å². The number of rotatable bonds is 8. The van der Waals surface area contributed by atoms with Crippen LogP contribution in [0.4, 0.5) is 8.78 Å². The number of carbonyl (C=O) groups is 1. The van der Waals surface area contributed by atoms with Gasteiger partial charge in [0.1, 0.15) is 17.4 Å². The molecule has 0 saturated heterocycles. The summed E-state index contributed by atoms with van der Waals surface area (Å²) in [6.07, 6.45) is 5.29. The van der Waals surface area contributed by atoms with E-state index in [1.54, 1.807) is 0 Å². The Bertz CT molecular complexity index is 1060. The highest BCUT2D eigenvalue weighted by Crippen LogP contribution is 2.53. The van der Waals surface area contributed by atoms with Crippen LogP contribution < -0.4 is 15.4 Å². The second-order valence-corrected chi connectivity index (χ2v) is 10.5. The Morgan fingerprint density at radius 2 is 1.91 bits per heavy atom. The molecule has 0 radical (unpaired) electrons. The lowest BCUT2D eigenvalue weighted by molar-refractivity contribution is -0.120. The van der Waals surface area contributed by atoms with E-state index < -0.39 is 23.8 Å². The van der Waals surface area contributed by atoms with Crippen LogP contribution in [0.1, 0.15) is 67.7 Å². The summed E-state index contributed by atoms with van der Waals surface area (Å²) in [4.78, 5) is 11.8. The molecule has 35 heavy (non-hydrogen) atoms. The number of aliphatic hydroxyl groups is 1. The molecular weight excluding hydrogens is 450 g/mol. The molecule has 2 bridgehead atoms. The van der Waals surface area contributed by atoms with Crippen molar-refractivity contribution in [1.82, 2.24) is 10.6 Å². The highest BCUT2D eigenvalue weighted by Gasteiger charge is 2.40. The Morgan fingerprint density at radius 3 is 2.60 bits per heavy atom. The summed E-state index contributed by atoms with van der Waals surface area (Å²) >= 11 is 0. The maximum atomic E-state index is 13.7. The van der Waals surface area contributed by atoms with Crippen LogP contribution in [0.25, 0.3) is 0 Å². The third-order valence-corrected chi connectivity index (χ3v) is 8.04. The quantitative estimate of drug-likeness (QED) is 0.520. The number of halogens is 2. The SMILES string of the molecule is CC(=O)NC(Cc1cc(F)cc(F)c1)C(O)CNC1CCOc2ccc(C3CC4CCC3C4)cc21. The van der Waals surface area contributed by atoms with Gasteiger partial charge in [0.2, 0.25) is 5.91 Å². The number of fused-ring (bicyclic) bond motifs is 3. The van der Waals surface area contributed by atoms with E-state index in [9.17, 15) is 18.7 Å². The van der Waals surface area contributed by atoms with E-state index in [2.05, 4.69) is 28.8 Å². The van der Waals surface area contributed by atoms with Crippen LogP contribution in [-0.4, -0.2) is 36.3 Å². The summed E-state index contributed by atoms with van der Waals surface area (Å²) in [6.45, 7) is 2.18. The van der Waals surface area contributed by atoms with Gasteiger partial charge in [-0.2, -0.15) is 0 Å². The van der Waals surface area contributed by atoms with E-state index in [-0.39, 0.29) is 24.9 Å². The van der Waals surface area contributed by atoms with Crippen molar-refractivity contribution in [3.05, 3.63) is 64.7 Å². The van der Waals surface area contributed by atoms with E-state index in [0.29, 0.717) is 18.1 Å². The van der Waals surface area contributed by atoms with Crippen molar-refractivity contribution in [2.75, 3.05) is 13.2 Å². The number of nitrogens with one attached hydrogen (secondary N) is 2. The Morgan fingerprint density at radius 1 is 1.11 bits per heavy atom. The average Bonchev–Trinajstić information content (AvgIpc) is 3.45. The van der Waals surface area contributed by atoms with E-state index in [4.69, 9.17) is 4.74 Å². The molecule has 2 fully saturated rings. The molecule has 2 aliphatic carbocycles. The number of aliphatic hydroxyl groups excluding tert-OH is 1. The van der Waals surface area contributed by atoms with Crippen LogP contribution in [0.2, 0.25) is 0 Å². The fourth-order valence-electron chi connectivity index (χ4n) is 6.44. The number of amides is 1. The molecule has 2 saturated carbocycles. The number of ether oxygens (including phenoxy) is 1. The Hall–Kier alpha value is -2.51. The summed E-state index contributed by atoms with van der Waals surface area (Å²) < 4.78 is 33.2. The first-order chi connectivity index (χ1) is 16.9. The van der Waals surface area contributed by atoms with Crippen LogP contribution in [0.3, 0.4) is 0 Å². The predicted molar refractivity (Wildman–Crippen MR) is 129 cm³/mol. The molecule has 5 nitrogen and oxygen atoms in total. The maximum absolute atomic E-state index is 13.7. The Balaban J connectivity index is 1.27. The molecule has 6 atom stereocenters. The van der Waals surface area contributed by atoms with Gasteiger partial charge in [-0.3, -0.25) is 4.79 Å². The first kappa shape index (κ1) is 24.2. The van der Waals surface area contributed by atoms with Crippen LogP contribution in [0, 0.1) is 23.5 Å². The third-order valence-electron chi connectivity index (χ3n) is 8.04. The fourth-order valence-corrected chi connectivity index (χ4v) is 6.44. The zero-order valence-corrected chi connectivity index (χ0v) is 20.1. The molecule has 5 rings (SSSR count). The van der Waals surface area contributed by atoms with Gasteiger partial charge in [0.15, 0.2) is 0 Å². The number of carbonyl (C=O) groups excluding carboxylic acids is 1. The molecule has 0 spiro atoms. The van der Waals surface area contributed by atoms with Crippen LogP contribution in [0.5, 0.6) is 5.75 Å². The normalized spacial score (nSPS) is 26.6. The van der Waals surface area contributed by atoms with Gasteiger partial charge in [-0.05, 0) is 72.8 Å². The van der Waals surface area contributed by atoms with Gasteiger partial charge in [-0.1, -0.05) is 18.6 Å². The summed E-state index contributed by atoms with van der Waals surface area (Å²) in [5, 5.41) is 17.1. The van der Waals surface area contributed by atoms with Gasteiger partial charge >= 0.3 is 0 Å². The lowest BCUT2D eigenvalue weighted by Crippen LogP contribution is -2.48. The van der Waals surface area contributed by atoms with E-state index in [0.717, 1.165) is 35.6 Å². The summed E-state index contributed by atoms with van der Waals surface area (Å²) in [6, 6.07) is 9.19. The Kier molecular flexibility index (Phi) is 7.07.